The summed E-state index contributed by atoms with van der Waals surface area (Å²) in [4.78, 5) is 12.1. The molecule has 0 spiro atoms. The maximum absolute atomic E-state index is 10.9. The van der Waals surface area contributed by atoms with Crippen molar-refractivity contribution in [3.63, 3.8) is 0 Å². The quantitative estimate of drug-likeness (QED) is 0.827. The Kier molecular flexibility index (Phi) is 2.95. The molecule has 86 valence electrons. The van der Waals surface area contributed by atoms with Gasteiger partial charge in [-0.3, -0.25) is 0 Å². The van der Waals surface area contributed by atoms with Crippen LogP contribution in [0.2, 0.25) is 0 Å². The SMILES string of the molecule is CC(O)(C(=O)O)c1ccc2c(c1)CCCS2. The van der Waals surface area contributed by atoms with Crippen molar-refractivity contribution in [2.24, 2.45) is 0 Å². The zero-order valence-corrected chi connectivity index (χ0v) is 9.88. The van der Waals surface area contributed by atoms with Gasteiger partial charge >= 0.3 is 5.97 Å². The summed E-state index contributed by atoms with van der Waals surface area (Å²) >= 11 is 1.79. The predicted octanol–water partition coefficient (Wildman–Crippen LogP) is 2.02. The molecule has 0 aliphatic carbocycles. The van der Waals surface area contributed by atoms with Gasteiger partial charge in [0.1, 0.15) is 0 Å². The number of aryl methyl sites for hydroxylation is 1. The number of hydrogen-bond acceptors (Lipinski definition) is 3. The molecule has 0 radical (unpaired) electrons. The third kappa shape index (κ3) is 1.95. The van der Waals surface area contributed by atoms with Crippen LogP contribution in [0.4, 0.5) is 0 Å². The van der Waals surface area contributed by atoms with Gasteiger partial charge in [0.2, 0.25) is 0 Å². The minimum Gasteiger partial charge on any atom is -0.479 e. The van der Waals surface area contributed by atoms with Crippen LogP contribution in [-0.2, 0) is 16.8 Å². The zero-order valence-electron chi connectivity index (χ0n) is 9.06. The minimum absolute atomic E-state index is 0.459. The van der Waals surface area contributed by atoms with Gasteiger partial charge in [0.15, 0.2) is 5.60 Å². The van der Waals surface area contributed by atoms with E-state index >= 15 is 0 Å². The molecule has 0 fully saturated rings. The first-order valence-corrected chi connectivity index (χ1v) is 6.22. The fraction of sp³-hybridized carbons (Fsp3) is 0.417. The Balaban J connectivity index is 2.40. The Morgan fingerprint density at radius 1 is 1.50 bits per heavy atom. The fourth-order valence-corrected chi connectivity index (χ4v) is 2.81. The summed E-state index contributed by atoms with van der Waals surface area (Å²) in [6, 6.07) is 5.42. The van der Waals surface area contributed by atoms with Gasteiger partial charge in [0.25, 0.3) is 0 Å². The number of carboxylic acids is 1. The molecule has 0 saturated heterocycles. The van der Waals surface area contributed by atoms with E-state index in [1.807, 2.05) is 12.1 Å². The number of carboxylic acid groups (broad SMARTS) is 1. The van der Waals surface area contributed by atoms with Crippen LogP contribution in [-0.4, -0.2) is 21.9 Å². The second kappa shape index (κ2) is 4.11. The van der Waals surface area contributed by atoms with Crippen molar-refractivity contribution < 1.29 is 15.0 Å². The van der Waals surface area contributed by atoms with Gasteiger partial charge < -0.3 is 10.2 Å². The second-order valence-corrected chi connectivity index (χ2v) is 5.29. The Morgan fingerprint density at radius 2 is 2.25 bits per heavy atom. The molecule has 1 unspecified atom stereocenters. The average Bonchev–Trinajstić information content (AvgIpc) is 2.28. The van der Waals surface area contributed by atoms with Gasteiger partial charge in [0.05, 0.1) is 0 Å². The lowest BCUT2D eigenvalue weighted by atomic mass is 9.93. The van der Waals surface area contributed by atoms with Crippen molar-refractivity contribution >= 4 is 17.7 Å². The molecule has 0 bridgehead atoms. The van der Waals surface area contributed by atoms with E-state index in [1.54, 1.807) is 17.8 Å². The number of hydrogen-bond donors (Lipinski definition) is 2. The lowest BCUT2D eigenvalue weighted by molar-refractivity contribution is -0.157. The summed E-state index contributed by atoms with van der Waals surface area (Å²) in [5.74, 6) is -0.0994. The fourth-order valence-electron chi connectivity index (χ4n) is 1.79. The Hall–Kier alpha value is -1.00. The number of aliphatic hydroxyl groups is 1. The summed E-state index contributed by atoms with van der Waals surface area (Å²) in [5.41, 5.74) is -0.187. The number of benzene rings is 1. The van der Waals surface area contributed by atoms with E-state index < -0.39 is 11.6 Å². The summed E-state index contributed by atoms with van der Waals surface area (Å²) in [6.45, 7) is 1.31. The molecule has 2 rings (SSSR count). The molecule has 4 heteroatoms. The van der Waals surface area contributed by atoms with Gasteiger partial charge in [-0.2, -0.15) is 0 Å². The van der Waals surface area contributed by atoms with Crippen LogP contribution in [0, 0.1) is 0 Å². The van der Waals surface area contributed by atoms with Crippen LogP contribution >= 0.6 is 11.8 Å². The smallest absolute Gasteiger partial charge is 0.340 e. The van der Waals surface area contributed by atoms with Crippen molar-refractivity contribution in [3.8, 4) is 0 Å². The first-order chi connectivity index (χ1) is 7.51. The van der Waals surface area contributed by atoms with E-state index in [0.29, 0.717) is 5.56 Å². The molecule has 1 aliphatic heterocycles. The molecule has 2 N–H and O–H groups in total. The third-order valence-electron chi connectivity index (χ3n) is 2.89. The molecular formula is C12H14O3S. The molecule has 1 heterocycles. The Bertz CT molecular complexity index is 426. The topological polar surface area (TPSA) is 57.5 Å². The van der Waals surface area contributed by atoms with Gasteiger partial charge in [-0.1, -0.05) is 12.1 Å². The normalized spacial score (nSPS) is 18.6. The molecule has 1 atom stereocenters. The summed E-state index contributed by atoms with van der Waals surface area (Å²) in [7, 11) is 0. The number of carbonyl (C=O) groups is 1. The number of rotatable bonds is 2. The molecule has 0 aromatic heterocycles. The predicted molar refractivity (Wildman–Crippen MR) is 62.7 cm³/mol. The maximum atomic E-state index is 10.9. The first kappa shape index (κ1) is 11.5. The molecule has 1 aliphatic rings. The first-order valence-electron chi connectivity index (χ1n) is 5.24. The molecule has 0 saturated carbocycles. The molecule has 1 aromatic carbocycles. The van der Waals surface area contributed by atoms with Gasteiger partial charge in [-0.25, -0.2) is 4.79 Å². The average molecular weight is 238 g/mol. The molecular weight excluding hydrogens is 224 g/mol. The summed E-state index contributed by atoms with van der Waals surface area (Å²) in [6.07, 6.45) is 2.07. The highest BCUT2D eigenvalue weighted by atomic mass is 32.2. The van der Waals surface area contributed by atoms with E-state index in [1.165, 1.54) is 11.8 Å². The highest BCUT2D eigenvalue weighted by Crippen LogP contribution is 2.33. The van der Waals surface area contributed by atoms with E-state index in [2.05, 4.69) is 0 Å². The van der Waals surface area contributed by atoms with Crippen molar-refractivity contribution in [2.45, 2.75) is 30.3 Å². The molecule has 16 heavy (non-hydrogen) atoms. The van der Waals surface area contributed by atoms with Gasteiger partial charge in [0, 0.05) is 4.90 Å². The van der Waals surface area contributed by atoms with Crippen molar-refractivity contribution in [3.05, 3.63) is 29.3 Å². The summed E-state index contributed by atoms with van der Waals surface area (Å²) in [5, 5.41) is 18.8. The van der Waals surface area contributed by atoms with Crippen LogP contribution in [0.15, 0.2) is 23.1 Å². The number of thioether (sulfide) groups is 1. The minimum atomic E-state index is -1.79. The highest BCUT2D eigenvalue weighted by molar-refractivity contribution is 7.99. The lowest BCUT2D eigenvalue weighted by Gasteiger charge is -2.22. The van der Waals surface area contributed by atoms with Crippen LogP contribution in [0.25, 0.3) is 0 Å². The molecule has 1 aromatic rings. The van der Waals surface area contributed by atoms with E-state index in [0.717, 1.165) is 24.2 Å². The second-order valence-electron chi connectivity index (χ2n) is 4.15. The van der Waals surface area contributed by atoms with Gasteiger partial charge in [-0.15, -0.1) is 11.8 Å². The maximum Gasteiger partial charge on any atom is 0.340 e. The Morgan fingerprint density at radius 3 is 2.94 bits per heavy atom. The van der Waals surface area contributed by atoms with E-state index in [4.69, 9.17) is 5.11 Å². The van der Waals surface area contributed by atoms with Crippen LogP contribution in [0.1, 0.15) is 24.5 Å². The van der Waals surface area contributed by atoms with Crippen molar-refractivity contribution in [2.75, 3.05) is 5.75 Å². The number of fused-ring (bicyclic) bond motifs is 1. The van der Waals surface area contributed by atoms with Crippen molar-refractivity contribution in [1.29, 1.82) is 0 Å². The van der Waals surface area contributed by atoms with Crippen LogP contribution in [0.5, 0.6) is 0 Å². The number of aliphatic carboxylic acids is 1. The molecule has 3 nitrogen and oxygen atoms in total. The van der Waals surface area contributed by atoms with Crippen molar-refractivity contribution in [1.82, 2.24) is 0 Å². The van der Waals surface area contributed by atoms with E-state index in [-0.39, 0.29) is 0 Å². The standard InChI is InChI=1S/C12H14O3S/c1-12(15,11(13)14)9-4-5-10-8(7-9)3-2-6-16-10/h4-5,7,15H,2-3,6H2,1H3,(H,13,14). The molecule has 0 amide bonds. The Labute approximate surface area is 98.5 Å². The van der Waals surface area contributed by atoms with Gasteiger partial charge in [-0.05, 0) is 42.7 Å². The van der Waals surface area contributed by atoms with Crippen LogP contribution < -0.4 is 0 Å². The monoisotopic (exact) mass is 238 g/mol. The highest BCUT2D eigenvalue weighted by Gasteiger charge is 2.32. The third-order valence-corrected chi connectivity index (χ3v) is 4.09. The largest absolute Gasteiger partial charge is 0.479 e. The summed E-state index contributed by atoms with van der Waals surface area (Å²) < 4.78 is 0. The van der Waals surface area contributed by atoms with Crippen LogP contribution in [0.3, 0.4) is 0 Å². The van der Waals surface area contributed by atoms with E-state index in [9.17, 15) is 9.90 Å². The lowest BCUT2D eigenvalue weighted by Crippen LogP contribution is -2.32. The zero-order chi connectivity index (χ0) is 11.8.